The van der Waals surface area contributed by atoms with E-state index in [-0.39, 0.29) is 50.5 Å². The molecule has 3 aliphatic carbocycles. The van der Waals surface area contributed by atoms with Gasteiger partial charge in [-0.3, -0.25) is 39.5 Å². The number of methoxy groups -OCH3 is 3. The Balaban J connectivity index is 0.000000184. The topological polar surface area (TPSA) is 276 Å². The van der Waals surface area contributed by atoms with E-state index in [1.807, 2.05) is 0 Å². The molecule has 0 bridgehead atoms. The average molecular weight is 1230 g/mol. The third-order valence-electron chi connectivity index (χ3n) is 15.1. The zero-order valence-electron chi connectivity index (χ0n) is 47.0. The van der Waals surface area contributed by atoms with E-state index in [4.69, 9.17) is 45.9 Å². The maximum atomic E-state index is 15.0. The summed E-state index contributed by atoms with van der Waals surface area (Å²) in [7, 11) is 2.41. The molecule has 6 aliphatic rings. The van der Waals surface area contributed by atoms with Crippen molar-refractivity contribution >= 4 is 94.2 Å². The summed E-state index contributed by atoms with van der Waals surface area (Å²) >= 11 is 3.22. The van der Waals surface area contributed by atoms with E-state index in [1.54, 1.807) is 34.6 Å². The van der Waals surface area contributed by atoms with E-state index in [0.717, 1.165) is 59.5 Å². The smallest absolute Gasteiger partial charge is 0.418 e. The van der Waals surface area contributed by atoms with Gasteiger partial charge in [0.05, 0.1) is 48.9 Å². The summed E-state index contributed by atoms with van der Waals surface area (Å²) in [6.07, 6.45) is 0.362. The fraction of sp³-hybridized carbons (Fsp3) is 0.528. The molecule has 446 valence electrons. The number of hydrogen-bond acceptors (Lipinski definition) is 20. The number of anilines is 1. The number of non-ortho nitro benzene ring substituents is 1. The summed E-state index contributed by atoms with van der Waals surface area (Å²) in [5.74, 6) is -9.46. The van der Waals surface area contributed by atoms with Gasteiger partial charge in [-0.05, 0) is 85.0 Å². The standard InChI is InChI=1S/C25H36F2N2O5SSi.C14H13F2N3O4S.C14H15F2N3O2S/c1-23(2,3)34-22(31)29(15-33-12-13-36(6,7)8)21-28-24(4,16-10-9-11-17(26)19(16)27)18-14-25(18,35-21)20(30)32-5;1-13(7-3-6(19(21)22)4-8(15)10(7)16)9-5-14(9,11(20)23-2)24-12(17)18-13;1-13(7-3-6(17)4-8(15)10(7)16)9-5-14(9,11(20)21-2)22-12(18)19-13/h9-11,18H,12-15H2,1-8H3;3-4,9H,5H2,1-2H3,(H2,17,18);3-4,9H,5,17H2,1-2H3,(H2,18,19)/t18-,24+,25-;2*9-,13+,14-/m000/s1. The summed E-state index contributed by atoms with van der Waals surface area (Å²) < 4.78 is 109. The van der Waals surface area contributed by atoms with Crippen molar-refractivity contribution in [3.63, 3.8) is 0 Å². The number of esters is 3. The summed E-state index contributed by atoms with van der Waals surface area (Å²) in [5.41, 5.74) is 11.8. The molecule has 19 nitrogen and oxygen atoms in total. The normalized spacial score (nSPS) is 29.1. The molecule has 3 heterocycles. The number of aliphatic imine (C=N–C) groups is 3. The quantitative estimate of drug-likeness (QED) is 0.0175. The van der Waals surface area contributed by atoms with Crippen LogP contribution >= 0.6 is 35.3 Å². The Morgan fingerprint density at radius 2 is 1.12 bits per heavy atom. The number of carbonyl (C=O) groups excluding carboxylic acids is 4. The van der Waals surface area contributed by atoms with E-state index in [2.05, 4.69) is 29.6 Å². The first-order chi connectivity index (χ1) is 37.9. The summed E-state index contributed by atoms with van der Waals surface area (Å²) in [6, 6.07) is 8.47. The lowest BCUT2D eigenvalue weighted by molar-refractivity contribution is -0.385. The van der Waals surface area contributed by atoms with Crippen LogP contribution in [0.4, 0.5) is 42.5 Å². The third-order valence-corrected chi connectivity index (χ3v) is 20.9. The van der Waals surface area contributed by atoms with Gasteiger partial charge in [-0.1, -0.05) is 67.1 Å². The van der Waals surface area contributed by atoms with E-state index in [9.17, 15) is 51.2 Å². The van der Waals surface area contributed by atoms with E-state index in [1.165, 1.54) is 51.4 Å². The van der Waals surface area contributed by atoms with Crippen molar-refractivity contribution in [3.8, 4) is 0 Å². The number of amides is 1. The predicted octanol–water partition coefficient (Wildman–Crippen LogP) is 9.60. The number of rotatable bonds is 12. The first-order valence-electron chi connectivity index (χ1n) is 25.5. The van der Waals surface area contributed by atoms with Crippen LogP contribution in [0.5, 0.6) is 0 Å². The number of halogens is 6. The molecule has 3 aromatic rings. The molecule has 82 heavy (non-hydrogen) atoms. The highest BCUT2D eigenvalue weighted by Crippen LogP contribution is 2.69. The van der Waals surface area contributed by atoms with E-state index >= 15 is 4.39 Å². The van der Waals surface area contributed by atoms with Crippen LogP contribution in [0.25, 0.3) is 0 Å². The number of thioether (sulfide) groups is 3. The molecule has 3 saturated carbocycles. The molecule has 0 unspecified atom stereocenters. The molecule has 0 radical (unpaired) electrons. The lowest BCUT2D eigenvalue weighted by Gasteiger charge is -2.37. The Hall–Kier alpha value is -6.04. The molecule has 9 atom stereocenters. The van der Waals surface area contributed by atoms with Crippen LogP contribution in [0.15, 0.2) is 57.4 Å². The highest BCUT2D eigenvalue weighted by molar-refractivity contribution is 8.16. The molecule has 6 N–H and O–H groups in total. The Morgan fingerprint density at radius 1 is 0.683 bits per heavy atom. The SMILES string of the molecule is COC(=O)[C@]12C[C@H]1[C@@](C)(c1cc(N)cc(F)c1F)N=C(N)S2.COC(=O)[C@]12C[C@H]1[C@@](C)(c1cc([N+](=O)[O-])cc(F)c1F)N=C(N)S2.COC(=O)[C@]12C[C@H]1[C@@](C)(c1cccc(F)c1F)N=C(N(COCC[Si](C)(C)C)C(=O)OC(C)(C)C)S2. The number of ether oxygens (including phenoxy) is 5. The number of nitro groups is 1. The predicted molar refractivity (Wildman–Crippen MR) is 301 cm³/mol. The summed E-state index contributed by atoms with van der Waals surface area (Å²) in [4.78, 5) is 75.0. The fourth-order valence-corrected chi connectivity index (χ4v) is 15.8. The largest absolute Gasteiger partial charge is 0.468 e. The Kier molecular flexibility index (Phi) is 17.4. The number of fused-ring (bicyclic) bond motifs is 3. The minimum Gasteiger partial charge on any atom is -0.468 e. The highest BCUT2D eigenvalue weighted by atomic mass is 32.2. The van der Waals surface area contributed by atoms with Crippen molar-refractivity contribution in [2.45, 2.75) is 123 Å². The second-order valence-electron chi connectivity index (χ2n) is 23.2. The van der Waals surface area contributed by atoms with Crippen molar-refractivity contribution in [1.82, 2.24) is 4.90 Å². The van der Waals surface area contributed by atoms with Crippen molar-refractivity contribution in [2.24, 2.45) is 44.2 Å². The molecule has 1 amide bonds. The van der Waals surface area contributed by atoms with Crippen molar-refractivity contribution < 1.29 is 74.1 Å². The number of hydrogen-bond donors (Lipinski definition) is 3. The van der Waals surface area contributed by atoms with Crippen LogP contribution in [0.3, 0.4) is 0 Å². The second kappa shape index (κ2) is 22.5. The number of nitrogens with two attached hydrogens (primary N) is 3. The molecule has 29 heteroatoms. The van der Waals surface area contributed by atoms with Gasteiger partial charge < -0.3 is 40.9 Å². The van der Waals surface area contributed by atoms with Crippen molar-refractivity contribution in [1.29, 1.82) is 0 Å². The van der Waals surface area contributed by atoms with Crippen LogP contribution in [-0.2, 0) is 54.7 Å². The third kappa shape index (κ3) is 11.9. The first-order valence-corrected chi connectivity index (χ1v) is 31.6. The Labute approximate surface area is 482 Å². The molecule has 3 aromatic carbocycles. The van der Waals surface area contributed by atoms with Gasteiger partial charge in [0, 0.05) is 60.9 Å². The van der Waals surface area contributed by atoms with Crippen molar-refractivity contribution in [3.05, 3.63) is 104 Å². The van der Waals surface area contributed by atoms with Gasteiger partial charge in [-0.25, -0.2) is 36.0 Å². The molecule has 0 aromatic heterocycles. The molecule has 0 saturated heterocycles. The fourth-order valence-electron chi connectivity index (χ4n) is 10.7. The second-order valence-corrected chi connectivity index (χ2v) is 32.8. The molecular formula is C53H64F6N8O11S3Si. The minimum absolute atomic E-state index is 0.00373. The van der Waals surface area contributed by atoms with E-state index in [0.29, 0.717) is 31.9 Å². The lowest BCUT2D eigenvalue weighted by atomic mass is 9.85. The number of nitro benzene ring substituents is 1. The van der Waals surface area contributed by atoms with Crippen LogP contribution in [-0.4, -0.2) is 112 Å². The van der Waals surface area contributed by atoms with E-state index < -0.39 is 126 Å². The van der Waals surface area contributed by atoms with Gasteiger partial charge in [0.15, 0.2) is 50.4 Å². The maximum absolute atomic E-state index is 15.0. The molecule has 3 fully saturated rings. The zero-order chi connectivity index (χ0) is 61.2. The van der Waals surface area contributed by atoms with Gasteiger partial charge in [0.1, 0.15) is 26.6 Å². The summed E-state index contributed by atoms with van der Waals surface area (Å²) in [5, 5.41) is 11.3. The Morgan fingerprint density at radius 3 is 1.57 bits per heavy atom. The van der Waals surface area contributed by atoms with Crippen LogP contribution < -0.4 is 17.2 Å². The Bertz CT molecular complexity index is 3230. The first kappa shape index (κ1) is 63.5. The maximum Gasteiger partial charge on any atom is 0.418 e. The molecule has 0 spiro atoms. The van der Waals surface area contributed by atoms with Crippen molar-refractivity contribution in [2.75, 3.05) is 40.4 Å². The summed E-state index contributed by atoms with van der Waals surface area (Å²) in [6.45, 7) is 16.9. The number of carbonyl (C=O) groups is 4. The van der Waals surface area contributed by atoms with Gasteiger partial charge in [-0.2, -0.15) is 0 Å². The van der Waals surface area contributed by atoms with Crippen LogP contribution in [0, 0.1) is 62.8 Å². The van der Waals surface area contributed by atoms with Gasteiger partial charge in [0.25, 0.3) is 5.69 Å². The molecule has 9 rings (SSSR count). The number of nitrogens with zero attached hydrogens (tertiary/aromatic N) is 5. The van der Waals surface area contributed by atoms with Crippen LogP contribution in [0.2, 0.25) is 25.7 Å². The monoisotopic (exact) mass is 1230 g/mol. The number of amidine groups is 3. The van der Waals surface area contributed by atoms with Gasteiger partial charge >= 0.3 is 24.0 Å². The average Bonchev–Trinajstić information content (AvgIpc) is 1.75. The number of benzene rings is 3. The minimum atomic E-state index is -1.40. The zero-order valence-corrected chi connectivity index (χ0v) is 50.4. The van der Waals surface area contributed by atoms with Crippen LogP contribution in [0.1, 0.15) is 77.5 Å². The van der Waals surface area contributed by atoms with Gasteiger partial charge in [-0.15, -0.1) is 0 Å². The van der Waals surface area contributed by atoms with Gasteiger partial charge in [0.2, 0.25) is 0 Å². The molecule has 3 aliphatic heterocycles. The highest BCUT2D eigenvalue weighted by Gasteiger charge is 2.74. The molecular weight excluding hydrogens is 1160 g/mol. The lowest BCUT2D eigenvalue weighted by Crippen LogP contribution is -2.47. The number of nitrogen functional groups attached to an aromatic ring is 1.